The lowest BCUT2D eigenvalue weighted by molar-refractivity contribution is -0.138. The summed E-state index contributed by atoms with van der Waals surface area (Å²) in [7, 11) is 0. The molecule has 13 heavy (non-hydrogen) atoms. The molecule has 0 radical (unpaired) electrons. The fourth-order valence-corrected chi connectivity index (χ4v) is 1.69. The molecule has 0 amide bonds. The Kier molecular flexibility index (Phi) is 2.05. The molecule has 1 unspecified atom stereocenters. The maximum absolute atomic E-state index is 10.6. The molecule has 2 heteroatoms. The van der Waals surface area contributed by atoms with Crippen molar-refractivity contribution < 1.29 is 9.90 Å². The van der Waals surface area contributed by atoms with Crippen LogP contribution in [0.25, 0.3) is 0 Å². The van der Waals surface area contributed by atoms with Crippen molar-refractivity contribution in [2.75, 3.05) is 0 Å². The van der Waals surface area contributed by atoms with Crippen LogP contribution in [0.5, 0.6) is 0 Å². The molecular weight excluding hydrogens is 164 g/mol. The third-order valence-electron chi connectivity index (χ3n) is 2.58. The van der Waals surface area contributed by atoms with Gasteiger partial charge in [-0.15, -0.1) is 0 Å². The minimum absolute atomic E-state index is 0.0831. The first-order valence-electron chi connectivity index (χ1n) is 4.54. The van der Waals surface area contributed by atoms with Gasteiger partial charge in [-0.3, -0.25) is 4.79 Å². The normalized spacial score (nSPS) is 25.5. The number of hydrogen-bond donors (Lipinski definition) is 1. The van der Waals surface area contributed by atoms with E-state index in [1.54, 1.807) is 0 Å². The van der Waals surface area contributed by atoms with E-state index in [9.17, 15) is 4.79 Å². The first kappa shape index (κ1) is 8.30. The molecule has 2 rings (SSSR count). The monoisotopic (exact) mass is 176 g/mol. The van der Waals surface area contributed by atoms with E-state index in [-0.39, 0.29) is 5.92 Å². The van der Waals surface area contributed by atoms with Crippen LogP contribution in [0, 0.1) is 11.8 Å². The van der Waals surface area contributed by atoms with Crippen LogP contribution in [0.3, 0.4) is 0 Å². The Morgan fingerprint density at radius 1 is 1.38 bits per heavy atom. The number of carbonyl (C=O) groups is 1. The van der Waals surface area contributed by atoms with Gasteiger partial charge in [0.25, 0.3) is 0 Å². The molecule has 1 aromatic carbocycles. The van der Waals surface area contributed by atoms with Crippen molar-refractivity contribution in [2.24, 2.45) is 11.8 Å². The lowest BCUT2D eigenvalue weighted by Crippen LogP contribution is -2.00. The number of aliphatic carboxylic acids is 1. The van der Waals surface area contributed by atoms with Gasteiger partial charge in [-0.05, 0) is 24.3 Å². The lowest BCUT2D eigenvalue weighted by atomic mass is 10.1. The Hall–Kier alpha value is -1.31. The van der Waals surface area contributed by atoms with Gasteiger partial charge >= 0.3 is 5.97 Å². The molecule has 1 saturated carbocycles. The van der Waals surface area contributed by atoms with Gasteiger partial charge in [0, 0.05) is 0 Å². The van der Waals surface area contributed by atoms with E-state index in [1.165, 1.54) is 5.56 Å². The molecule has 1 aromatic rings. The molecule has 1 aliphatic carbocycles. The zero-order valence-corrected chi connectivity index (χ0v) is 7.31. The summed E-state index contributed by atoms with van der Waals surface area (Å²) in [6, 6.07) is 10.1. The van der Waals surface area contributed by atoms with Gasteiger partial charge in [-0.2, -0.15) is 0 Å². The Morgan fingerprint density at radius 3 is 2.62 bits per heavy atom. The largest absolute Gasteiger partial charge is 0.481 e. The minimum atomic E-state index is -0.638. The van der Waals surface area contributed by atoms with Gasteiger partial charge in [0.05, 0.1) is 5.92 Å². The van der Waals surface area contributed by atoms with Crippen molar-refractivity contribution in [2.45, 2.75) is 12.8 Å². The lowest BCUT2D eigenvalue weighted by Gasteiger charge is -1.97. The van der Waals surface area contributed by atoms with Crippen LogP contribution < -0.4 is 0 Å². The predicted molar refractivity (Wildman–Crippen MR) is 49.4 cm³/mol. The Labute approximate surface area is 77.2 Å². The molecule has 1 N–H and O–H groups in total. The van der Waals surface area contributed by atoms with Crippen molar-refractivity contribution in [3.63, 3.8) is 0 Å². The van der Waals surface area contributed by atoms with Crippen molar-refractivity contribution in [1.29, 1.82) is 0 Å². The highest BCUT2D eigenvalue weighted by molar-refractivity contribution is 5.73. The van der Waals surface area contributed by atoms with Gasteiger partial charge in [0.1, 0.15) is 0 Å². The van der Waals surface area contributed by atoms with Crippen LogP contribution in [0.4, 0.5) is 0 Å². The average Bonchev–Trinajstić information content (AvgIpc) is 2.86. The molecule has 1 fully saturated rings. The molecular formula is C11H12O2. The van der Waals surface area contributed by atoms with Crippen molar-refractivity contribution >= 4 is 5.97 Å². The maximum atomic E-state index is 10.6. The molecule has 0 spiro atoms. The Bertz CT molecular complexity index is 305. The molecule has 0 aromatic heterocycles. The number of carboxylic acids is 1. The third-order valence-corrected chi connectivity index (χ3v) is 2.58. The second kappa shape index (κ2) is 3.21. The fourth-order valence-electron chi connectivity index (χ4n) is 1.69. The summed E-state index contributed by atoms with van der Waals surface area (Å²) in [5.74, 6) is -0.346. The zero-order valence-electron chi connectivity index (χ0n) is 7.31. The number of hydrogen-bond acceptors (Lipinski definition) is 1. The summed E-state index contributed by atoms with van der Waals surface area (Å²) >= 11 is 0. The fraction of sp³-hybridized carbons (Fsp3) is 0.364. The number of rotatable bonds is 3. The van der Waals surface area contributed by atoms with Gasteiger partial charge < -0.3 is 5.11 Å². The van der Waals surface area contributed by atoms with Gasteiger partial charge in [-0.25, -0.2) is 0 Å². The van der Waals surface area contributed by atoms with Crippen molar-refractivity contribution in [3.8, 4) is 0 Å². The first-order chi connectivity index (χ1) is 6.27. The molecule has 0 heterocycles. The molecule has 0 saturated heterocycles. The zero-order chi connectivity index (χ0) is 9.26. The summed E-state index contributed by atoms with van der Waals surface area (Å²) in [4.78, 5) is 10.6. The molecule has 0 bridgehead atoms. The van der Waals surface area contributed by atoms with E-state index < -0.39 is 5.97 Å². The first-order valence-corrected chi connectivity index (χ1v) is 4.54. The number of benzene rings is 1. The molecule has 2 atom stereocenters. The quantitative estimate of drug-likeness (QED) is 0.764. The standard InChI is InChI=1S/C11H12O2/c12-11(13)10-7-9(10)6-8-4-2-1-3-5-8/h1-5,9-10H,6-7H2,(H,12,13)/t9-,10?/m1/s1. The van der Waals surface area contributed by atoms with Crippen molar-refractivity contribution in [1.82, 2.24) is 0 Å². The highest BCUT2D eigenvalue weighted by Crippen LogP contribution is 2.40. The highest BCUT2D eigenvalue weighted by Gasteiger charge is 2.42. The van der Waals surface area contributed by atoms with E-state index in [2.05, 4.69) is 12.1 Å². The van der Waals surface area contributed by atoms with E-state index in [4.69, 9.17) is 5.11 Å². The second-order valence-electron chi connectivity index (χ2n) is 3.63. The molecule has 1 aliphatic rings. The summed E-state index contributed by atoms with van der Waals surface area (Å²) in [6.07, 6.45) is 1.77. The second-order valence-corrected chi connectivity index (χ2v) is 3.63. The summed E-state index contributed by atoms with van der Waals surface area (Å²) in [6.45, 7) is 0. The van der Waals surface area contributed by atoms with Crippen LogP contribution in [0.15, 0.2) is 30.3 Å². The highest BCUT2D eigenvalue weighted by atomic mass is 16.4. The van der Waals surface area contributed by atoms with E-state index in [0.717, 1.165) is 12.8 Å². The van der Waals surface area contributed by atoms with Crippen LogP contribution in [-0.4, -0.2) is 11.1 Å². The van der Waals surface area contributed by atoms with Gasteiger partial charge in [-0.1, -0.05) is 30.3 Å². The van der Waals surface area contributed by atoms with Gasteiger partial charge in [0.15, 0.2) is 0 Å². The smallest absolute Gasteiger partial charge is 0.306 e. The van der Waals surface area contributed by atoms with E-state index >= 15 is 0 Å². The van der Waals surface area contributed by atoms with Crippen LogP contribution in [0.1, 0.15) is 12.0 Å². The predicted octanol–water partition coefficient (Wildman–Crippen LogP) is 1.95. The van der Waals surface area contributed by atoms with E-state index in [1.807, 2.05) is 18.2 Å². The summed E-state index contributed by atoms with van der Waals surface area (Å²) in [5, 5.41) is 8.70. The number of carboxylic acid groups (broad SMARTS) is 1. The maximum Gasteiger partial charge on any atom is 0.306 e. The van der Waals surface area contributed by atoms with Gasteiger partial charge in [0.2, 0.25) is 0 Å². The topological polar surface area (TPSA) is 37.3 Å². The Balaban J connectivity index is 1.92. The Morgan fingerprint density at radius 2 is 2.08 bits per heavy atom. The minimum Gasteiger partial charge on any atom is -0.481 e. The third kappa shape index (κ3) is 1.89. The molecule has 2 nitrogen and oxygen atoms in total. The molecule has 68 valence electrons. The SMILES string of the molecule is O=C(O)C1C[C@H]1Cc1ccccc1. The summed E-state index contributed by atoms with van der Waals surface area (Å²) in [5.41, 5.74) is 1.25. The van der Waals surface area contributed by atoms with Crippen LogP contribution in [-0.2, 0) is 11.2 Å². The van der Waals surface area contributed by atoms with Crippen LogP contribution in [0.2, 0.25) is 0 Å². The average molecular weight is 176 g/mol. The van der Waals surface area contributed by atoms with Crippen molar-refractivity contribution in [3.05, 3.63) is 35.9 Å². The summed E-state index contributed by atoms with van der Waals surface area (Å²) < 4.78 is 0. The van der Waals surface area contributed by atoms with E-state index in [0.29, 0.717) is 5.92 Å². The van der Waals surface area contributed by atoms with Crippen LogP contribution >= 0.6 is 0 Å². The molecule has 0 aliphatic heterocycles.